The highest BCUT2D eigenvalue weighted by Gasteiger charge is 2.33. The van der Waals surface area contributed by atoms with Gasteiger partial charge in [-0.2, -0.15) is 0 Å². The van der Waals surface area contributed by atoms with Gasteiger partial charge in [-0.25, -0.2) is 0 Å². The molecule has 0 aliphatic carbocycles. The van der Waals surface area contributed by atoms with Crippen LogP contribution in [0.3, 0.4) is 0 Å². The number of carbonyl (C=O) groups is 2. The normalized spacial score (nSPS) is 24.8. The smallest absolute Gasteiger partial charge is 0.303 e. The predicted octanol–water partition coefficient (Wildman–Crippen LogP) is 3.18. The Kier molecular flexibility index (Phi) is 5.08. The molecule has 0 spiro atoms. The maximum Gasteiger partial charge on any atom is 0.303 e. The van der Waals surface area contributed by atoms with Crippen molar-refractivity contribution in [2.24, 2.45) is 5.92 Å². The highest BCUT2D eigenvalue weighted by molar-refractivity contribution is 8.00. The molecule has 4 nitrogen and oxygen atoms in total. The lowest BCUT2D eigenvalue weighted by Gasteiger charge is -2.35. The molecule has 22 heavy (non-hydrogen) atoms. The van der Waals surface area contributed by atoms with Crippen LogP contribution < -0.4 is 0 Å². The highest BCUT2D eigenvalue weighted by atomic mass is 32.2. The van der Waals surface area contributed by atoms with Crippen molar-refractivity contribution in [2.75, 3.05) is 18.8 Å². The number of thiophene rings is 1. The molecule has 3 heterocycles. The van der Waals surface area contributed by atoms with Gasteiger partial charge < -0.3 is 10.0 Å². The van der Waals surface area contributed by atoms with Crippen LogP contribution in [0.4, 0.5) is 0 Å². The minimum atomic E-state index is -0.741. The molecule has 3 rings (SSSR count). The number of carboxylic acid groups (broad SMARTS) is 1. The van der Waals surface area contributed by atoms with E-state index in [2.05, 4.69) is 11.4 Å². The molecule has 1 amide bonds. The highest BCUT2D eigenvalue weighted by Crippen LogP contribution is 2.41. The Balaban J connectivity index is 1.64. The van der Waals surface area contributed by atoms with E-state index in [0.717, 1.165) is 38.1 Å². The van der Waals surface area contributed by atoms with Crippen LogP contribution in [0.5, 0.6) is 0 Å². The average molecular weight is 339 g/mol. The summed E-state index contributed by atoms with van der Waals surface area (Å²) in [6.45, 7) is 1.54. The summed E-state index contributed by atoms with van der Waals surface area (Å²) in [6, 6.07) is 2.10. The number of amides is 1. The topological polar surface area (TPSA) is 57.6 Å². The second kappa shape index (κ2) is 7.04. The van der Waals surface area contributed by atoms with E-state index in [1.165, 1.54) is 10.4 Å². The lowest BCUT2D eigenvalue weighted by Crippen LogP contribution is -2.42. The van der Waals surface area contributed by atoms with E-state index in [0.29, 0.717) is 12.3 Å². The summed E-state index contributed by atoms with van der Waals surface area (Å²) in [7, 11) is 0. The fourth-order valence-electron chi connectivity index (χ4n) is 3.35. The van der Waals surface area contributed by atoms with Crippen LogP contribution in [0.15, 0.2) is 11.4 Å². The third-order valence-corrected chi connectivity index (χ3v) is 6.72. The van der Waals surface area contributed by atoms with Crippen LogP contribution in [-0.4, -0.2) is 40.7 Å². The van der Waals surface area contributed by atoms with E-state index in [4.69, 9.17) is 5.11 Å². The summed E-state index contributed by atoms with van der Waals surface area (Å²) in [5.41, 5.74) is 1.21. The van der Waals surface area contributed by atoms with Gasteiger partial charge in [0.05, 0.1) is 0 Å². The Bertz CT molecular complexity index is 557. The van der Waals surface area contributed by atoms with Gasteiger partial charge in [-0.15, -0.1) is 23.1 Å². The van der Waals surface area contributed by atoms with E-state index >= 15 is 0 Å². The molecule has 0 unspecified atom stereocenters. The number of aryl methyl sites for hydroxylation is 1. The lowest BCUT2D eigenvalue weighted by atomic mass is 9.93. The summed E-state index contributed by atoms with van der Waals surface area (Å²) < 4.78 is 0. The quantitative estimate of drug-likeness (QED) is 0.915. The number of thioether (sulfide) groups is 1. The van der Waals surface area contributed by atoms with Gasteiger partial charge >= 0.3 is 5.97 Å². The fraction of sp³-hybridized carbons (Fsp3) is 0.625. The maximum atomic E-state index is 12.9. The molecule has 0 bridgehead atoms. The first kappa shape index (κ1) is 15.9. The third-order valence-electron chi connectivity index (χ3n) is 4.50. The molecule has 2 aliphatic rings. The minimum absolute atomic E-state index is 0.0479. The zero-order chi connectivity index (χ0) is 15.5. The molecule has 1 saturated heterocycles. The summed E-state index contributed by atoms with van der Waals surface area (Å²) in [4.78, 5) is 27.0. The molecule has 6 heteroatoms. The monoisotopic (exact) mass is 339 g/mol. The van der Waals surface area contributed by atoms with Crippen LogP contribution in [0.2, 0.25) is 0 Å². The number of carboxylic acids is 1. The average Bonchev–Trinajstić information content (AvgIpc) is 3.01. The van der Waals surface area contributed by atoms with E-state index in [1.807, 2.05) is 4.90 Å². The zero-order valence-electron chi connectivity index (χ0n) is 12.5. The van der Waals surface area contributed by atoms with Crippen molar-refractivity contribution in [3.05, 3.63) is 21.9 Å². The summed E-state index contributed by atoms with van der Waals surface area (Å²) >= 11 is 3.51. The summed E-state index contributed by atoms with van der Waals surface area (Å²) in [6.07, 6.45) is 3.99. The number of fused-ring (bicyclic) bond motifs is 1. The van der Waals surface area contributed by atoms with Crippen molar-refractivity contribution in [3.63, 3.8) is 0 Å². The van der Waals surface area contributed by atoms with Crippen molar-refractivity contribution in [1.29, 1.82) is 0 Å². The molecule has 1 aromatic rings. The van der Waals surface area contributed by atoms with Gasteiger partial charge in [-0.05, 0) is 54.4 Å². The molecule has 0 saturated carbocycles. The molecule has 0 radical (unpaired) electrons. The van der Waals surface area contributed by atoms with Crippen LogP contribution in [-0.2, 0) is 16.0 Å². The Morgan fingerprint density at radius 3 is 3.09 bits per heavy atom. The zero-order valence-corrected chi connectivity index (χ0v) is 14.1. The molecule has 120 valence electrons. The first-order chi connectivity index (χ1) is 10.6. The maximum absolute atomic E-state index is 12.9. The van der Waals surface area contributed by atoms with Crippen molar-refractivity contribution in [1.82, 2.24) is 4.90 Å². The van der Waals surface area contributed by atoms with Crippen molar-refractivity contribution < 1.29 is 14.7 Å². The summed E-state index contributed by atoms with van der Waals surface area (Å²) in [5.74, 6) is 0.836. The van der Waals surface area contributed by atoms with Gasteiger partial charge in [0, 0.05) is 24.4 Å². The first-order valence-corrected chi connectivity index (χ1v) is 9.76. The van der Waals surface area contributed by atoms with Crippen molar-refractivity contribution in [2.45, 2.75) is 37.4 Å². The van der Waals surface area contributed by atoms with Crippen molar-refractivity contribution in [3.8, 4) is 0 Å². The second-order valence-electron chi connectivity index (χ2n) is 6.02. The fourth-order valence-corrected chi connectivity index (χ4v) is 5.72. The largest absolute Gasteiger partial charge is 0.481 e. The molecule has 1 fully saturated rings. The van der Waals surface area contributed by atoms with E-state index in [-0.39, 0.29) is 17.6 Å². The molecular formula is C16H21NO3S2. The number of hydrogen-bond acceptors (Lipinski definition) is 4. The van der Waals surface area contributed by atoms with E-state index < -0.39 is 5.97 Å². The molecule has 1 aromatic heterocycles. The number of aliphatic carboxylic acids is 1. The second-order valence-corrected chi connectivity index (χ2v) is 8.24. The minimum Gasteiger partial charge on any atom is -0.481 e. The van der Waals surface area contributed by atoms with Crippen LogP contribution in [0, 0.1) is 5.92 Å². The standard InChI is InChI=1S/C16H21NO3S2/c18-14(19)4-3-11-2-1-7-17(10-11)16(20)15-12-5-8-21-13(12)6-9-22-15/h5,8,11,15H,1-4,6-7,9-10H2,(H,18,19)/t11-,15-/m0/s1. The van der Waals surface area contributed by atoms with Gasteiger partial charge in [0.1, 0.15) is 5.25 Å². The van der Waals surface area contributed by atoms with Crippen LogP contribution >= 0.6 is 23.1 Å². The molecule has 1 N–H and O–H groups in total. The lowest BCUT2D eigenvalue weighted by molar-refractivity contribution is -0.137. The molecular weight excluding hydrogens is 318 g/mol. The number of piperidine rings is 1. The number of hydrogen-bond donors (Lipinski definition) is 1. The van der Waals surface area contributed by atoms with E-state index in [1.54, 1.807) is 23.1 Å². The number of nitrogens with zero attached hydrogens (tertiary/aromatic N) is 1. The Labute approximate surface area is 138 Å². The molecule has 2 atom stereocenters. The van der Waals surface area contributed by atoms with E-state index in [9.17, 15) is 9.59 Å². The summed E-state index contributed by atoms with van der Waals surface area (Å²) in [5, 5.41) is 10.9. The third kappa shape index (κ3) is 3.49. The van der Waals surface area contributed by atoms with Gasteiger partial charge in [-0.3, -0.25) is 9.59 Å². The Morgan fingerprint density at radius 1 is 1.41 bits per heavy atom. The Hall–Kier alpha value is -1.01. The number of rotatable bonds is 4. The van der Waals surface area contributed by atoms with Gasteiger partial charge in [0.15, 0.2) is 0 Å². The van der Waals surface area contributed by atoms with Gasteiger partial charge in [0.2, 0.25) is 5.91 Å². The first-order valence-electron chi connectivity index (χ1n) is 7.83. The number of carbonyl (C=O) groups excluding carboxylic acids is 1. The van der Waals surface area contributed by atoms with Gasteiger partial charge in [-0.1, -0.05) is 0 Å². The van der Waals surface area contributed by atoms with Crippen LogP contribution in [0.25, 0.3) is 0 Å². The van der Waals surface area contributed by atoms with Crippen molar-refractivity contribution >= 4 is 35.0 Å². The molecule has 2 aliphatic heterocycles. The predicted molar refractivity (Wildman–Crippen MR) is 89.4 cm³/mol. The van der Waals surface area contributed by atoms with Crippen LogP contribution in [0.1, 0.15) is 41.4 Å². The number of likely N-dealkylation sites (tertiary alicyclic amines) is 1. The Morgan fingerprint density at radius 2 is 2.27 bits per heavy atom. The van der Waals surface area contributed by atoms with Gasteiger partial charge in [0.25, 0.3) is 0 Å². The SMILES string of the molecule is O=C(O)CC[C@@H]1CCCN(C(=O)[C@H]2SCCc3sccc32)C1. The molecule has 0 aromatic carbocycles.